The minimum absolute atomic E-state index is 0.130. The Kier molecular flexibility index (Phi) is 3.00. The SMILES string of the molecule is O=C([O-])[C@H]1CS[C@@]2(c3ccc4c(c3)OCCO4)CCC(=O)N12. The fourth-order valence-corrected chi connectivity index (χ4v) is 5.03. The van der Waals surface area contributed by atoms with E-state index < -0.39 is 16.9 Å². The number of hydrogen-bond donors (Lipinski definition) is 0. The number of fused-ring (bicyclic) bond motifs is 2. The van der Waals surface area contributed by atoms with Gasteiger partial charge in [0.15, 0.2) is 11.5 Å². The van der Waals surface area contributed by atoms with Gasteiger partial charge in [0.25, 0.3) is 0 Å². The molecule has 3 heterocycles. The number of ether oxygens (including phenoxy) is 2. The van der Waals surface area contributed by atoms with Crippen molar-refractivity contribution in [2.45, 2.75) is 23.8 Å². The lowest BCUT2D eigenvalue weighted by molar-refractivity contribution is -0.310. The number of thioether (sulfide) groups is 1. The van der Waals surface area contributed by atoms with Gasteiger partial charge in [0.1, 0.15) is 18.1 Å². The molecule has 0 N–H and O–H groups in total. The molecule has 7 heteroatoms. The molecule has 0 bridgehead atoms. The lowest BCUT2D eigenvalue weighted by atomic mass is 10.0. The second kappa shape index (κ2) is 4.81. The van der Waals surface area contributed by atoms with Crippen LogP contribution in [0.15, 0.2) is 18.2 Å². The summed E-state index contributed by atoms with van der Waals surface area (Å²) < 4.78 is 11.1. The van der Waals surface area contributed by atoms with Gasteiger partial charge in [-0.05, 0) is 24.1 Å². The van der Waals surface area contributed by atoms with Gasteiger partial charge in [-0.1, -0.05) is 6.07 Å². The minimum Gasteiger partial charge on any atom is -0.548 e. The summed E-state index contributed by atoms with van der Waals surface area (Å²) in [6.07, 6.45) is 0.950. The Morgan fingerprint density at radius 3 is 2.86 bits per heavy atom. The van der Waals surface area contributed by atoms with Crippen LogP contribution in [0.2, 0.25) is 0 Å². The number of aliphatic carboxylic acids is 1. The summed E-state index contributed by atoms with van der Waals surface area (Å²) in [4.78, 5) is 24.4. The van der Waals surface area contributed by atoms with E-state index in [4.69, 9.17) is 9.47 Å². The molecule has 0 radical (unpaired) electrons. The molecule has 1 amide bonds. The third kappa shape index (κ3) is 1.81. The van der Waals surface area contributed by atoms with E-state index in [2.05, 4.69) is 0 Å². The maximum atomic E-state index is 12.2. The molecule has 6 nitrogen and oxygen atoms in total. The Balaban J connectivity index is 1.77. The second-order valence-corrected chi connectivity index (χ2v) is 6.85. The van der Waals surface area contributed by atoms with Crippen LogP contribution in [0.4, 0.5) is 0 Å². The Morgan fingerprint density at radius 1 is 1.32 bits per heavy atom. The quantitative estimate of drug-likeness (QED) is 0.769. The third-order valence-electron chi connectivity index (χ3n) is 4.39. The van der Waals surface area contributed by atoms with Crippen LogP contribution in [0.1, 0.15) is 18.4 Å². The summed E-state index contributed by atoms with van der Waals surface area (Å²) in [6.45, 7) is 1.00. The van der Waals surface area contributed by atoms with Crippen LogP contribution in [0.3, 0.4) is 0 Å². The molecule has 22 heavy (non-hydrogen) atoms. The minimum atomic E-state index is -1.19. The van der Waals surface area contributed by atoms with Crippen molar-refractivity contribution in [2.75, 3.05) is 19.0 Å². The van der Waals surface area contributed by atoms with E-state index in [1.54, 1.807) is 0 Å². The molecule has 1 aromatic rings. The van der Waals surface area contributed by atoms with Crippen molar-refractivity contribution in [1.82, 2.24) is 4.90 Å². The average Bonchev–Trinajstić information content (AvgIpc) is 3.06. The van der Waals surface area contributed by atoms with Gasteiger partial charge in [0.05, 0.1) is 12.0 Å². The monoisotopic (exact) mass is 320 g/mol. The molecule has 2 atom stereocenters. The zero-order valence-corrected chi connectivity index (χ0v) is 12.6. The number of benzene rings is 1. The van der Waals surface area contributed by atoms with E-state index in [1.165, 1.54) is 16.7 Å². The van der Waals surface area contributed by atoms with Crippen LogP contribution >= 0.6 is 11.8 Å². The number of carbonyl (C=O) groups is 2. The highest BCUT2D eigenvalue weighted by Crippen LogP contribution is 2.55. The molecule has 3 aliphatic rings. The van der Waals surface area contributed by atoms with Crippen LogP contribution in [-0.4, -0.2) is 41.8 Å². The summed E-state index contributed by atoms with van der Waals surface area (Å²) in [6, 6.07) is 4.72. The number of carboxylic acids is 1. The number of carboxylic acid groups (broad SMARTS) is 1. The second-order valence-electron chi connectivity index (χ2n) is 5.55. The van der Waals surface area contributed by atoms with Crippen molar-refractivity contribution in [3.05, 3.63) is 23.8 Å². The Morgan fingerprint density at radius 2 is 2.09 bits per heavy atom. The molecule has 0 saturated carbocycles. The molecular weight excluding hydrogens is 306 g/mol. The molecule has 3 aliphatic heterocycles. The van der Waals surface area contributed by atoms with E-state index in [0.717, 1.165) is 5.56 Å². The largest absolute Gasteiger partial charge is 0.548 e. The third-order valence-corrected chi connectivity index (χ3v) is 5.99. The first-order valence-electron chi connectivity index (χ1n) is 7.19. The first kappa shape index (κ1) is 13.8. The van der Waals surface area contributed by atoms with Crippen LogP contribution in [-0.2, 0) is 14.5 Å². The van der Waals surface area contributed by atoms with Gasteiger partial charge < -0.3 is 24.3 Å². The zero-order valence-electron chi connectivity index (χ0n) is 11.7. The number of nitrogens with zero attached hydrogens (tertiary/aromatic N) is 1. The van der Waals surface area contributed by atoms with Crippen molar-refractivity contribution < 1.29 is 24.2 Å². The van der Waals surface area contributed by atoms with E-state index in [1.807, 2.05) is 18.2 Å². The first-order valence-corrected chi connectivity index (χ1v) is 8.17. The number of amides is 1. The summed E-state index contributed by atoms with van der Waals surface area (Å²) in [5, 5.41) is 11.3. The lowest BCUT2D eigenvalue weighted by Crippen LogP contribution is -2.50. The topological polar surface area (TPSA) is 78.9 Å². The lowest BCUT2D eigenvalue weighted by Gasteiger charge is -2.35. The van der Waals surface area contributed by atoms with Gasteiger partial charge in [0, 0.05) is 12.2 Å². The number of carbonyl (C=O) groups excluding carboxylic acids is 2. The van der Waals surface area contributed by atoms with Crippen molar-refractivity contribution in [3.63, 3.8) is 0 Å². The fraction of sp³-hybridized carbons (Fsp3) is 0.467. The van der Waals surface area contributed by atoms with Crippen molar-refractivity contribution in [2.24, 2.45) is 0 Å². The van der Waals surface area contributed by atoms with E-state index in [-0.39, 0.29) is 5.91 Å². The maximum Gasteiger partial charge on any atom is 0.224 e. The number of hydrogen-bond acceptors (Lipinski definition) is 6. The summed E-state index contributed by atoms with van der Waals surface area (Å²) in [5.74, 6) is 0.357. The summed E-state index contributed by atoms with van der Waals surface area (Å²) in [7, 11) is 0. The predicted molar refractivity (Wildman–Crippen MR) is 76.4 cm³/mol. The predicted octanol–water partition coefficient (Wildman–Crippen LogP) is 0.0983. The van der Waals surface area contributed by atoms with Gasteiger partial charge in [-0.15, -0.1) is 11.8 Å². The number of rotatable bonds is 2. The van der Waals surface area contributed by atoms with Crippen LogP contribution < -0.4 is 14.6 Å². The molecule has 116 valence electrons. The smallest absolute Gasteiger partial charge is 0.224 e. The Hall–Kier alpha value is -1.89. The Labute approximate surface area is 131 Å². The van der Waals surface area contributed by atoms with Crippen molar-refractivity contribution >= 4 is 23.6 Å². The highest BCUT2D eigenvalue weighted by atomic mass is 32.2. The van der Waals surface area contributed by atoms with Gasteiger partial charge >= 0.3 is 0 Å². The molecule has 1 aromatic carbocycles. The molecule has 4 rings (SSSR count). The van der Waals surface area contributed by atoms with Crippen molar-refractivity contribution in [3.8, 4) is 11.5 Å². The fourth-order valence-electron chi connectivity index (χ4n) is 3.40. The molecule has 0 aromatic heterocycles. The Bertz CT molecular complexity index is 663. The molecule has 0 aliphatic carbocycles. The van der Waals surface area contributed by atoms with Gasteiger partial charge in [-0.25, -0.2) is 0 Å². The summed E-state index contributed by atoms with van der Waals surface area (Å²) >= 11 is 1.49. The standard InChI is InChI=1S/C15H15NO5S/c17-13-3-4-15(16(13)10(8-22-15)14(18)19)9-1-2-11-12(7-9)21-6-5-20-11/h1-2,7,10H,3-6,8H2,(H,18,19)/p-1/t10-,15-/m1/s1. The molecule has 0 spiro atoms. The average molecular weight is 320 g/mol. The van der Waals surface area contributed by atoms with Gasteiger partial charge in [-0.3, -0.25) is 4.79 Å². The molecule has 0 unspecified atom stereocenters. The van der Waals surface area contributed by atoms with E-state index >= 15 is 0 Å². The van der Waals surface area contributed by atoms with Crippen LogP contribution in [0.25, 0.3) is 0 Å². The normalized spacial score (nSPS) is 29.5. The van der Waals surface area contributed by atoms with Gasteiger partial charge in [0.2, 0.25) is 5.91 Å². The van der Waals surface area contributed by atoms with Crippen molar-refractivity contribution in [1.29, 1.82) is 0 Å². The maximum absolute atomic E-state index is 12.2. The van der Waals surface area contributed by atoms with Gasteiger partial charge in [-0.2, -0.15) is 0 Å². The summed E-state index contributed by atoms with van der Waals surface area (Å²) in [5.41, 5.74) is 0.886. The highest BCUT2D eigenvalue weighted by Gasteiger charge is 2.55. The van der Waals surface area contributed by atoms with E-state index in [0.29, 0.717) is 43.3 Å². The van der Waals surface area contributed by atoms with Crippen LogP contribution in [0, 0.1) is 0 Å². The van der Waals surface area contributed by atoms with Crippen LogP contribution in [0.5, 0.6) is 11.5 Å². The molecule has 2 fully saturated rings. The highest BCUT2D eigenvalue weighted by molar-refractivity contribution is 8.00. The molecular formula is C15H14NO5S-. The zero-order chi connectivity index (χ0) is 15.3. The molecule has 2 saturated heterocycles. The first-order chi connectivity index (χ1) is 10.6. The van der Waals surface area contributed by atoms with E-state index in [9.17, 15) is 14.7 Å².